The van der Waals surface area contributed by atoms with Crippen molar-refractivity contribution in [2.45, 2.75) is 13.0 Å². The van der Waals surface area contributed by atoms with Crippen LogP contribution in [0.2, 0.25) is 0 Å². The Hall–Kier alpha value is -1.92. The van der Waals surface area contributed by atoms with E-state index in [0.29, 0.717) is 12.2 Å². The Morgan fingerprint density at radius 1 is 1.30 bits per heavy atom. The molecule has 20 heavy (non-hydrogen) atoms. The summed E-state index contributed by atoms with van der Waals surface area (Å²) in [5.74, 6) is -0.158. The molecule has 2 rings (SSSR count). The first-order chi connectivity index (χ1) is 9.72. The molecule has 0 aliphatic heterocycles. The Morgan fingerprint density at radius 2 is 2.00 bits per heavy atom. The van der Waals surface area contributed by atoms with E-state index in [9.17, 15) is 4.79 Å². The van der Waals surface area contributed by atoms with Gasteiger partial charge in [-0.25, -0.2) is 4.98 Å². The van der Waals surface area contributed by atoms with Gasteiger partial charge in [0.1, 0.15) is 5.69 Å². The zero-order valence-corrected chi connectivity index (χ0v) is 12.0. The minimum atomic E-state index is -0.158. The molecule has 1 heterocycles. The van der Waals surface area contributed by atoms with E-state index in [-0.39, 0.29) is 12.5 Å². The summed E-state index contributed by atoms with van der Waals surface area (Å²) in [4.78, 5) is 16.0. The van der Waals surface area contributed by atoms with Crippen molar-refractivity contribution >= 4 is 22.4 Å². The van der Waals surface area contributed by atoms with Gasteiger partial charge in [-0.3, -0.25) is 4.79 Å². The number of thiazole rings is 1. The molecule has 0 bridgehead atoms. The number of benzene rings is 1. The molecular weight excluding hydrogens is 274 g/mol. The van der Waals surface area contributed by atoms with Crippen LogP contribution >= 0.6 is 11.3 Å². The predicted octanol–water partition coefficient (Wildman–Crippen LogP) is 1.65. The summed E-state index contributed by atoms with van der Waals surface area (Å²) in [7, 11) is 1.77. The van der Waals surface area contributed by atoms with Gasteiger partial charge in [0, 0.05) is 19.0 Å². The van der Waals surface area contributed by atoms with Crippen LogP contribution in [0, 0.1) is 0 Å². The first-order valence-electron chi connectivity index (χ1n) is 6.33. The number of nitrogens with one attached hydrogen (secondary N) is 2. The molecule has 0 saturated carbocycles. The van der Waals surface area contributed by atoms with Crippen LogP contribution < -0.4 is 10.6 Å². The second-order valence-corrected chi connectivity index (χ2v) is 5.13. The molecule has 0 aliphatic rings. The number of hydrogen-bond acceptors (Lipinski definition) is 5. The lowest BCUT2D eigenvalue weighted by atomic mass is 10.1. The number of amides is 1. The van der Waals surface area contributed by atoms with Crippen molar-refractivity contribution in [2.24, 2.45) is 0 Å². The molecule has 5 nitrogen and oxygen atoms in total. The molecule has 1 aromatic carbocycles. The van der Waals surface area contributed by atoms with Crippen molar-refractivity contribution in [1.29, 1.82) is 0 Å². The highest BCUT2D eigenvalue weighted by Crippen LogP contribution is 2.14. The topological polar surface area (TPSA) is 74.2 Å². The molecule has 0 radical (unpaired) electrons. The van der Waals surface area contributed by atoms with E-state index in [1.165, 1.54) is 11.3 Å². The van der Waals surface area contributed by atoms with Crippen molar-refractivity contribution in [3.05, 3.63) is 46.5 Å². The van der Waals surface area contributed by atoms with Crippen LogP contribution in [-0.4, -0.2) is 29.6 Å². The van der Waals surface area contributed by atoms with Gasteiger partial charge < -0.3 is 15.7 Å². The lowest BCUT2D eigenvalue weighted by Crippen LogP contribution is -2.26. The van der Waals surface area contributed by atoms with E-state index in [4.69, 9.17) is 5.11 Å². The first kappa shape index (κ1) is 14.5. The third kappa shape index (κ3) is 3.79. The third-order valence-corrected chi connectivity index (χ3v) is 3.72. The van der Waals surface area contributed by atoms with E-state index in [1.807, 2.05) is 24.3 Å². The van der Waals surface area contributed by atoms with Crippen molar-refractivity contribution in [1.82, 2.24) is 10.3 Å². The summed E-state index contributed by atoms with van der Waals surface area (Å²) >= 11 is 1.41. The van der Waals surface area contributed by atoms with Crippen molar-refractivity contribution in [3.63, 3.8) is 0 Å². The molecule has 1 aromatic heterocycles. The zero-order chi connectivity index (χ0) is 14.4. The predicted molar refractivity (Wildman–Crippen MR) is 80.1 cm³/mol. The Balaban J connectivity index is 1.81. The summed E-state index contributed by atoms with van der Waals surface area (Å²) in [5, 5.41) is 17.2. The molecule has 0 fully saturated rings. The van der Waals surface area contributed by atoms with Crippen LogP contribution in [0.4, 0.5) is 5.13 Å². The van der Waals surface area contributed by atoms with E-state index >= 15 is 0 Å². The fourth-order valence-corrected chi connectivity index (χ4v) is 2.37. The zero-order valence-electron chi connectivity index (χ0n) is 11.2. The highest BCUT2D eigenvalue weighted by Gasteiger charge is 2.09. The third-order valence-electron chi connectivity index (χ3n) is 2.86. The number of hydrogen-bond donors (Lipinski definition) is 3. The van der Waals surface area contributed by atoms with Crippen molar-refractivity contribution < 1.29 is 9.90 Å². The molecule has 0 unspecified atom stereocenters. The van der Waals surface area contributed by atoms with E-state index in [1.54, 1.807) is 12.4 Å². The average Bonchev–Trinajstić information content (AvgIpc) is 2.97. The largest absolute Gasteiger partial charge is 0.392 e. The van der Waals surface area contributed by atoms with Crippen LogP contribution in [0.15, 0.2) is 29.6 Å². The fourth-order valence-electron chi connectivity index (χ4n) is 1.72. The molecule has 0 spiro atoms. The smallest absolute Gasteiger partial charge is 0.270 e. The van der Waals surface area contributed by atoms with Gasteiger partial charge in [-0.15, -0.1) is 11.3 Å². The molecule has 1 amide bonds. The maximum absolute atomic E-state index is 11.8. The Morgan fingerprint density at radius 3 is 2.60 bits per heavy atom. The van der Waals surface area contributed by atoms with E-state index < -0.39 is 0 Å². The van der Waals surface area contributed by atoms with Crippen molar-refractivity contribution in [2.75, 3.05) is 18.9 Å². The van der Waals surface area contributed by atoms with Gasteiger partial charge in [-0.05, 0) is 17.5 Å². The maximum atomic E-state index is 11.8. The number of carbonyl (C=O) groups excluding carboxylic acids is 1. The number of aromatic nitrogens is 1. The molecule has 6 heteroatoms. The summed E-state index contributed by atoms with van der Waals surface area (Å²) < 4.78 is 0. The molecule has 0 aliphatic carbocycles. The summed E-state index contributed by atoms with van der Waals surface area (Å²) in [6.07, 6.45) is 0.750. The minimum Gasteiger partial charge on any atom is -0.392 e. The van der Waals surface area contributed by atoms with E-state index in [2.05, 4.69) is 15.6 Å². The van der Waals surface area contributed by atoms with Gasteiger partial charge in [0.2, 0.25) is 0 Å². The number of rotatable bonds is 6. The molecule has 2 aromatic rings. The number of carbonyl (C=O) groups is 1. The average molecular weight is 291 g/mol. The second-order valence-electron chi connectivity index (χ2n) is 4.27. The van der Waals surface area contributed by atoms with Gasteiger partial charge >= 0.3 is 0 Å². The van der Waals surface area contributed by atoms with Gasteiger partial charge in [-0.1, -0.05) is 24.3 Å². The minimum absolute atomic E-state index is 0.0502. The lowest BCUT2D eigenvalue weighted by molar-refractivity contribution is 0.0950. The van der Waals surface area contributed by atoms with Crippen LogP contribution in [0.3, 0.4) is 0 Å². The number of anilines is 1. The van der Waals surface area contributed by atoms with Gasteiger partial charge in [0.15, 0.2) is 5.13 Å². The first-order valence-corrected chi connectivity index (χ1v) is 7.21. The van der Waals surface area contributed by atoms with Gasteiger partial charge in [0.05, 0.1) is 6.61 Å². The number of nitrogens with zero attached hydrogens (tertiary/aromatic N) is 1. The molecule has 0 saturated heterocycles. The Kier molecular flexibility index (Phi) is 5.09. The number of aliphatic hydroxyl groups excluding tert-OH is 1. The Bertz CT molecular complexity index is 566. The highest BCUT2D eigenvalue weighted by atomic mass is 32.1. The molecule has 0 atom stereocenters. The fraction of sp³-hybridized carbons (Fsp3) is 0.286. The van der Waals surface area contributed by atoms with Crippen molar-refractivity contribution in [3.8, 4) is 0 Å². The summed E-state index contributed by atoms with van der Waals surface area (Å²) in [5.41, 5.74) is 2.45. The Labute approximate surface area is 121 Å². The normalized spacial score (nSPS) is 10.3. The standard InChI is InChI=1S/C14H17N3O2S/c1-15-14-17-12(9-20-14)13(19)16-7-6-10-2-4-11(8-18)5-3-10/h2-5,9,18H,6-8H2,1H3,(H,15,17)(H,16,19). The quantitative estimate of drug-likeness (QED) is 0.756. The highest BCUT2D eigenvalue weighted by molar-refractivity contribution is 7.13. The van der Waals surface area contributed by atoms with Crippen LogP contribution in [0.1, 0.15) is 21.6 Å². The molecular formula is C14H17N3O2S. The van der Waals surface area contributed by atoms with E-state index in [0.717, 1.165) is 22.7 Å². The molecule has 106 valence electrons. The number of aliphatic hydroxyl groups is 1. The van der Waals surface area contributed by atoms with Crippen LogP contribution in [0.25, 0.3) is 0 Å². The monoisotopic (exact) mass is 291 g/mol. The summed E-state index contributed by atoms with van der Waals surface area (Å²) in [6, 6.07) is 7.69. The van der Waals surface area contributed by atoms with Crippen LogP contribution in [-0.2, 0) is 13.0 Å². The van der Waals surface area contributed by atoms with Gasteiger partial charge in [0.25, 0.3) is 5.91 Å². The van der Waals surface area contributed by atoms with Crippen LogP contribution in [0.5, 0.6) is 0 Å². The maximum Gasteiger partial charge on any atom is 0.270 e. The SMILES string of the molecule is CNc1nc(C(=O)NCCc2ccc(CO)cc2)cs1. The molecule has 3 N–H and O–H groups in total. The lowest BCUT2D eigenvalue weighted by Gasteiger charge is -2.04. The summed E-state index contributed by atoms with van der Waals surface area (Å²) in [6.45, 7) is 0.609. The second kappa shape index (κ2) is 7.02. The van der Waals surface area contributed by atoms with Gasteiger partial charge in [-0.2, -0.15) is 0 Å².